The number of benzene rings is 1. The minimum atomic E-state index is 0.178. The second-order valence-electron chi connectivity index (χ2n) is 5.01. The number of guanidine groups is 1. The van der Waals surface area contributed by atoms with Gasteiger partial charge in [-0.25, -0.2) is 0 Å². The Morgan fingerprint density at radius 3 is 3.11 bits per heavy atom. The van der Waals surface area contributed by atoms with E-state index in [1.165, 1.54) is 0 Å². The normalized spacial score (nSPS) is 21.1. The summed E-state index contributed by atoms with van der Waals surface area (Å²) < 4.78 is 0. The summed E-state index contributed by atoms with van der Waals surface area (Å²) in [4.78, 5) is 18.1. The summed E-state index contributed by atoms with van der Waals surface area (Å²) in [5, 5.41) is 6.48. The van der Waals surface area contributed by atoms with Crippen LogP contribution in [0.25, 0.3) is 0 Å². The van der Waals surface area contributed by atoms with E-state index in [1.807, 2.05) is 29.2 Å². The standard InChI is InChI=1S/C14H18N4O/c1-10-9-16-14(17-10)15-6-7-18-12-5-3-2-4-11(12)8-13(18)19/h2-5,10H,6-9H2,1H3,(H2,15,16,17). The third-order valence-electron chi connectivity index (χ3n) is 3.46. The molecule has 100 valence electrons. The molecule has 1 unspecified atom stereocenters. The van der Waals surface area contributed by atoms with E-state index in [1.54, 1.807) is 0 Å². The van der Waals surface area contributed by atoms with Gasteiger partial charge < -0.3 is 15.5 Å². The average Bonchev–Trinajstić information content (AvgIpc) is 2.94. The molecule has 0 saturated heterocycles. The van der Waals surface area contributed by atoms with Crippen LogP contribution in [-0.2, 0) is 11.2 Å². The smallest absolute Gasteiger partial charge is 0.231 e. The molecule has 0 aromatic heterocycles. The molecule has 2 aliphatic heterocycles. The lowest BCUT2D eigenvalue weighted by atomic mass is 10.2. The summed E-state index contributed by atoms with van der Waals surface area (Å²) >= 11 is 0. The maximum Gasteiger partial charge on any atom is 0.231 e. The monoisotopic (exact) mass is 258 g/mol. The first kappa shape index (κ1) is 12.0. The molecular formula is C14H18N4O. The number of carbonyl (C=O) groups is 1. The van der Waals surface area contributed by atoms with E-state index < -0.39 is 0 Å². The Kier molecular flexibility index (Phi) is 3.11. The van der Waals surface area contributed by atoms with Crippen molar-refractivity contribution >= 4 is 17.6 Å². The third kappa shape index (κ3) is 2.41. The molecule has 0 spiro atoms. The van der Waals surface area contributed by atoms with Gasteiger partial charge in [-0.1, -0.05) is 18.2 Å². The van der Waals surface area contributed by atoms with Crippen molar-refractivity contribution in [3.05, 3.63) is 29.8 Å². The van der Waals surface area contributed by atoms with Gasteiger partial charge in [-0.05, 0) is 18.6 Å². The summed E-state index contributed by atoms with van der Waals surface area (Å²) in [6, 6.07) is 8.38. The van der Waals surface area contributed by atoms with E-state index in [9.17, 15) is 4.79 Å². The Labute approximate surface area is 112 Å². The van der Waals surface area contributed by atoms with Crippen molar-refractivity contribution in [2.24, 2.45) is 4.99 Å². The zero-order chi connectivity index (χ0) is 13.2. The first-order valence-electron chi connectivity index (χ1n) is 6.67. The molecule has 5 heteroatoms. The molecule has 3 rings (SSSR count). The molecule has 2 aliphatic rings. The van der Waals surface area contributed by atoms with Gasteiger partial charge in [0.25, 0.3) is 0 Å². The molecule has 0 saturated carbocycles. The molecule has 1 aromatic carbocycles. The van der Waals surface area contributed by atoms with Crippen LogP contribution in [0.3, 0.4) is 0 Å². The van der Waals surface area contributed by atoms with Gasteiger partial charge in [0.05, 0.1) is 13.0 Å². The summed E-state index contributed by atoms with van der Waals surface area (Å²) in [5.41, 5.74) is 2.17. The lowest BCUT2D eigenvalue weighted by molar-refractivity contribution is -0.117. The number of amides is 1. The fourth-order valence-electron chi connectivity index (χ4n) is 2.51. The third-order valence-corrected chi connectivity index (χ3v) is 3.46. The van der Waals surface area contributed by atoms with Crippen LogP contribution in [0.15, 0.2) is 29.3 Å². The first-order valence-corrected chi connectivity index (χ1v) is 6.67. The Morgan fingerprint density at radius 1 is 1.47 bits per heavy atom. The van der Waals surface area contributed by atoms with E-state index in [0.29, 0.717) is 25.6 Å². The van der Waals surface area contributed by atoms with Gasteiger partial charge >= 0.3 is 0 Å². The number of carbonyl (C=O) groups excluding carboxylic acids is 1. The number of para-hydroxylation sites is 1. The molecule has 2 N–H and O–H groups in total. The minimum absolute atomic E-state index is 0.178. The lowest BCUT2D eigenvalue weighted by Gasteiger charge is -2.18. The van der Waals surface area contributed by atoms with Crippen LogP contribution in [0.4, 0.5) is 5.69 Å². The van der Waals surface area contributed by atoms with Crippen LogP contribution in [0.2, 0.25) is 0 Å². The van der Waals surface area contributed by atoms with Crippen LogP contribution in [0.5, 0.6) is 0 Å². The van der Waals surface area contributed by atoms with Crippen molar-refractivity contribution in [2.45, 2.75) is 19.4 Å². The van der Waals surface area contributed by atoms with E-state index in [2.05, 4.69) is 22.5 Å². The average molecular weight is 258 g/mol. The number of anilines is 1. The zero-order valence-electron chi connectivity index (χ0n) is 11.0. The highest BCUT2D eigenvalue weighted by Crippen LogP contribution is 2.27. The van der Waals surface area contributed by atoms with E-state index >= 15 is 0 Å². The molecule has 0 aliphatic carbocycles. The molecule has 1 aromatic rings. The topological polar surface area (TPSA) is 56.7 Å². The molecule has 2 heterocycles. The maximum atomic E-state index is 12.0. The first-order chi connectivity index (χ1) is 9.24. The van der Waals surface area contributed by atoms with Gasteiger partial charge in [0.2, 0.25) is 5.91 Å². The Hall–Kier alpha value is -2.04. The largest absolute Gasteiger partial charge is 0.355 e. The highest BCUT2D eigenvalue weighted by atomic mass is 16.2. The quantitative estimate of drug-likeness (QED) is 0.830. The summed E-state index contributed by atoms with van der Waals surface area (Å²) in [6.07, 6.45) is 0.520. The van der Waals surface area contributed by atoms with Crippen molar-refractivity contribution in [1.29, 1.82) is 0 Å². The number of nitrogens with one attached hydrogen (secondary N) is 2. The number of fused-ring (bicyclic) bond motifs is 1. The fourth-order valence-corrected chi connectivity index (χ4v) is 2.51. The zero-order valence-corrected chi connectivity index (χ0v) is 11.0. The van der Waals surface area contributed by atoms with Crippen molar-refractivity contribution in [3.8, 4) is 0 Å². The van der Waals surface area contributed by atoms with Gasteiger partial charge in [-0.3, -0.25) is 9.79 Å². The predicted octanol–water partition coefficient (Wildman–Crippen LogP) is 0.513. The molecule has 1 amide bonds. The van der Waals surface area contributed by atoms with Gasteiger partial charge in [0, 0.05) is 24.8 Å². The van der Waals surface area contributed by atoms with E-state index in [-0.39, 0.29) is 5.91 Å². The van der Waals surface area contributed by atoms with Crippen molar-refractivity contribution in [3.63, 3.8) is 0 Å². The van der Waals surface area contributed by atoms with E-state index in [4.69, 9.17) is 0 Å². The molecule has 0 radical (unpaired) electrons. The van der Waals surface area contributed by atoms with Crippen LogP contribution in [-0.4, -0.2) is 37.5 Å². The van der Waals surface area contributed by atoms with E-state index in [0.717, 1.165) is 23.8 Å². The number of hydrogen-bond acceptors (Lipinski definition) is 4. The summed E-state index contributed by atoms with van der Waals surface area (Å²) in [5.74, 6) is 1.02. The molecule has 19 heavy (non-hydrogen) atoms. The van der Waals surface area contributed by atoms with Crippen LogP contribution < -0.4 is 15.5 Å². The predicted molar refractivity (Wildman–Crippen MR) is 75.4 cm³/mol. The summed E-state index contributed by atoms with van der Waals surface area (Å²) in [6.45, 7) is 4.29. The SMILES string of the molecule is CC1CN=C(NCCN2C(=O)Cc3ccccc32)N1. The molecule has 1 atom stereocenters. The molecular weight excluding hydrogens is 240 g/mol. The molecule has 0 bridgehead atoms. The Morgan fingerprint density at radius 2 is 2.32 bits per heavy atom. The summed E-state index contributed by atoms with van der Waals surface area (Å²) in [7, 11) is 0. The van der Waals surface area contributed by atoms with Crippen molar-refractivity contribution in [2.75, 3.05) is 24.5 Å². The number of nitrogens with zero attached hydrogens (tertiary/aromatic N) is 2. The van der Waals surface area contributed by atoms with Crippen molar-refractivity contribution in [1.82, 2.24) is 10.6 Å². The second-order valence-corrected chi connectivity index (χ2v) is 5.01. The highest BCUT2D eigenvalue weighted by molar-refractivity contribution is 6.01. The number of rotatable bonds is 3. The van der Waals surface area contributed by atoms with Crippen LogP contribution in [0, 0.1) is 0 Å². The Balaban J connectivity index is 1.57. The van der Waals surface area contributed by atoms with Gasteiger partial charge in [-0.15, -0.1) is 0 Å². The van der Waals surface area contributed by atoms with Crippen molar-refractivity contribution < 1.29 is 4.79 Å². The maximum absolute atomic E-state index is 12.0. The second kappa shape index (κ2) is 4.91. The fraction of sp³-hybridized carbons (Fsp3) is 0.429. The van der Waals surface area contributed by atoms with Gasteiger partial charge in [-0.2, -0.15) is 0 Å². The van der Waals surface area contributed by atoms with Gasteiger partial charge in [0.15, 0.2) is 5.96 Å². The number of hydrogen-bond donors (Lipinski definition) is 2. The molecule has 0 fully saturated rings. The molecule has 5 nitrogen and oxygen atoms in total. The lowest BCUT2D eigenvalue weighted by Crippen LogP contribution is -2.42. The number of aliphatic imine (C=N–C) groups is 1. The Bertz CT molecular complexity index is 526. The minimum Gasteiger partial charge on any atom is -0.355 e. The van der Waals surface area contributed by atoms with Crippen LogP contribution >= 0.6 is 0 Å². The van der Waals surface area contributed by atoms with Crippen LogP contribution in [0.1, 0.15) is 12.5 Å². The van der Waals surface area contributed by atoms with Gasteiger partial charge in [0.1, 0.15) is 0 Å². The highest BCUT2D eigenvalue weighted by Gasteiger charge is 2.26.